The van der Waals surface area contributed by atoms with E-state index >= 15 is 0 Å². The molecule has 1 rings (SSSR count). The molecular formula is C14H23NO3. The van der Waals surface area contributed by atoms with Crippen LogP contribution in [0.3, 0.4) is 0 Å². The maximum Gasteiger partial charge on any atom is 0.217 e. The number of allylic oxidation sites excluding steroid dienone is 1. The van der Waals surface area contributed by atoms with Gasteiger partial charge in [0.15, 0.2) is 0 Å². The molecule has 0 aromatic carbocycles. The number of amides is 1. The largest absolute Gasteiger partial charge is 0.369 e. The van der Waals surface area contributed by atoms with E-state index < -0.39 is 0 Å². The van der Waals surface area contributed by atoms with Crippen molar-refractivity contribution in [3.63, 3.8) is 0 Å². The molecule has 0 heterocycles. The van der Waals surface area contributed by atoms with Gasteiger partial charge in [0.2, 0.25) is 5.91 Å². The summed E-state index contributed by atoms with van der Waals surface area (Å²) in [5.41, 5.74) is 1.22. The van der Waals surface area contributed by atoms with Crippen LogP contribution in [0.4, 0.5) is 0 Å². The lowest BCUT2D eigenvalue weighted by atomic mass is 9.81. The summed E-state index contributed by atoms with van der Waals surface area (Å²) >= 11 is 0. The van der Waals surface area contributed by atoms with Gasteiger partial charge in [0, 0.05) is 13.3 Å². The van der Waals surface area contributed by atoms with Gasteiger partial charge in [-0.3, -0.25) is 4.79 Å². The highest BCUT2D eigenvalue weighted by Crippen LogP contribution is 2.29. The number of nitrogens with one attached hydrogen (secondary N) is 1. The van der Waals surface area contributed by atoms with Gasteiger partial charge in [0.05, 0.1) is 18.2 Å². The Labute approximate surface area is 109 Å². The van der Waals surface area contributed by atoms with Crippen LogP contribution in [0.1, 0.15) is 40.5 Å². The Morgan fingerprint density at radius 1 is 1.61 bits per heavy atom. The van der Waals surface area contributed by atoms with Gasteiger partial charge in [-0.05, 0) is 33.1 Å². The fourth-order valence-electron chi connectivity index (χ4n) is 2.49. The molecule has 1 aliphatic rings. The van der Waals surface area contributed by atoms with Crippen molar-refractivity contribution in [3.8, 4) is 0 Å². The fourth-order valence-corrected chi connectivity index (χ4v) is 2.49. The van der Waals surface area contributed by atoms with Gasteiger partial charge in [-0.1, -0.05) is 11.6 Å². The average Bonchev–Trinajstić information content (AvgIpc) is 2.22. The first-order valence-electron chi connectivity index (χ1n) is 6.47. The minimum atomic E-state index is -0.146. The van der Waals surface area contributed by atoms with E-state index in [1.165, 1.54) is 12.5 Å². The molecule has 1 amide bonds. The third kappa shape index (κ3) is 4.26. The average molecular weight is 253 g/mol. The van der Waals surface area contributed by atoms with Gasteiger partial charge >= 0.3 is 0 Å². The quantitative estimate of drug-likeness (QED) is 0.601. The summed E-state index contributed by atoms with van der Waals surface area (Å²) < 4.78 is 5.84. The number of carbonyl (C=O) groups excluding carboxylic acids is 2. The van der Waals surface area contributed by atoms with E-state index in [-0.39, 0.29) is 30.1 Å². The lowest BCUT2D eigenvalue weighted by Gasteiger charge is -2.37. The Balaban J connectivity index is 2.89. The van der Waals surface area contributed by atoms with E-state index in [1.807, 2.05) is 20.8 Å². The number of hydrogen-bond donors (Lipinski definition) is 1. The first-order chi connectivity index (χ1) is 8.43. The van der Waals surface area contributed by atoms with Crippen molar-refractivity contribution in [2.45, 2.75) is 58.8 Å². The minimum Gasteiger partial charge on any atom is -0.369 e. The molecule has 0 unspecified atom stereocenters. The molecule has 18 heavy (non-hydrogen) atoms. The van der Waals surface area contributed by atoms with Crippen LogP contribution in [0, 0.1) is 5.92 Å². The summed E-state index contributed by atoms with van der Waals surface area (Å²) in [4.78, 5) is 22.1. The zero-order chi connectivity index (χ0) is 13.7. The normalized spacial score (nSPS) is 27.8. The molecule has 0 bridgehead atoms. The molecule has 0 aliphatic heterocycles. The second kappa shape index (κ2) is 6.69. The van der Waals surface area contributed by atoms with E-state index in [0.29, 0.717) is 6.42 Å². The first-order valence-corrected chi connectivity index (χ1v) is 6.47. The molecule has 0 saturated carbocycles. The van der Waals surface area contributed by atoms with Crippen LogP contribution in [-0.2, 0) is 14.3 Å². The summed E-state index contributed by atoms with van der Waals surface area (Å²) in [6, 6.07) is -0.112. The van der Waals surface area contributed by atoms with E-state index in [4.69, 9.17) is 4.74 Å². The van der Waals surface area contributed by atoms with E-state index in [1.54, 1.807) is 0 Å². The Morgan fingerprint density at radius 3 is 2.78 bits per heavy atom. The topological polar surface area (TPSA) is 55.4 Å². The Bertz CT molecular complexity index is 336. The number of ether oxygens (including phenoxy) is 1. The molecule has 102 valence electrons. The lowest BCUT2D eigenvalue weighted by molar-refractivity contribution is -0.122. The molecule has 4 nitrogen and oxygen atoms in total. The smallest absolute Gasteiger partial charge is 0.217 e. The highest BCUT2D eigenvalue weighted by molar-refractivity contribution is 5.73. The van der Waals surface area contributed by atoms with Crippen molar-refractivity contribution in [2.75, 3.05) is 0 Å². The molecule has 3 atom stereocenters. The zero-order valence-electron chi connectivity index (χ0n) is 11.6. The second-order valence-electron chi connectivity index (χ2n) is 5.26. The van der Waals surface area contributed by atoms with E-state index in [9.17, 15) is 9.59 Å². The van der Waals surface area contributed by atoms with Crippen molar-refractivity contribution >= 4 is 12.2 Å². The van der Waals surface area contributed by atoms with Crippen molar-refractivity contribution < 1.29 is 14.3 Å². The van der Waals surface area contributed by atoms with Gasteiger partial charge in [-0.2, -0.15) is 0 Å². The van der Waals surface area contributed by atoms with Crippen LogP contribution < -0.4 is 5.32 Å². The summed E-state index contributed by atoms with van der Waals surface area (Å²) in [5.74, 6) is 0.0429. The Hall–Kier alpha value is -1.16. The predicted octanol–water partition coefficient (Wildman–Crippen LogP) is 1.84. The predicted molar refractivity (Wildman–Crippen MR) is 70.2 cm³/mol. The minimum absolute atomic E-state index is 0.0822. The molecule has 0 saturated heterocycles. The van der Waals surface area contributed by atoms with Gasteiger partial charge in [0.1, 0.15) is 6.29 Å². The maximum absolute atomic E-state index is 11.3. The zero-order valence-corrected chi connectivity index (χ0v) is 11.6. The Kier molecular flexibility index (Phi) is 5.54. The Morgan fingerprint density at radius 2 is 2.28 bits per heavy atom. The number of carbonyl (C=O) groups is 2. The summed E-state index contributed by atoms with van der Waals surface area (Å²) in [6.07, 6.45) is 4.21. The molecule has 0 aromatic rings. The van der Waals surface area contributed by atoms with Gasteiger partial charge in [-0.15, -0.1) is 0 Å². The highest BCUT2D eigenvalue weighted by atomic mass is 16.5. The molecule has 1 aliphatic carbocycles. The lowest BCUT2D eigenvalue weighted by Crippen LogP contribution is -2.50. The first kappa shape index (κ1) is 14.9. The standard InChI is InChI=1S/C14H23NO3/c1-9(2)18-13-8-10(3)7-12(5-6-16)14(13)15-11(4)17/h6,8-9,12-14H,5,7H2,1-4H3,(H,15,17)/t12-,13+,14+/m0/s1. The third-order valence-electron chi connectivity index (χ3n) is 3.09. The van der Waals surface area contributed by atoms with Crippen LogP contribution in [0.25, 0.3) is 0 Å². The second-order valence-corrected chi connectivity index (χ2v) is 5.26. The monoisotopic (exact) mass is 253 g/mol. The van der Waals surface area contributed by atoms with Crippen molar-refractivity contribution in [3.05, 3.63) is 11.6 Å². The van der Waals surface area contributed by atoms with Crippen molar-refractivity contribution in [1.29, 1.82) is 0 Å². The fraction of sp³-hybridized carbons (Fsp3) is 0.714. The molecule has 0 radical (unpaired) electrons. The maximum atomic E-state index is 11.3. The molecule has 0 spiro atoms. The molecule has 0 aromatic heterocycles. The summed E-state index contributed by atoms with van der Waals surface area (Å²) in [5, 5.41) is 2.93. The summed E-state index contributed by atoms with van der Waals surface area (Å²) in [6.45, 7) is 7.47. The third-order valence-corrected chi connectivity index (χ3v) is 3.09. The molecular weight excluding hydrogens is 230 g/mol. The van der Waals surface area contributed by atoms with Gasteiger partial charge in [-0.25, -0.2) is 0 Å². The SMILES string of the molecule is CC(=O)N[C@@H]1[C@@H](CC=O)CC(C)=C[C@H]1OC(C)C. The van der Waals surface area contributed by atoms with Crippen LogP contribution in [0.15, 0.2) is 11.6 Å². The van der Waals surface area contributed by atoms with Crippen LogP contribution in [0.5, 0.6) is 0 Å². The van der Waals surface area contributed by atoms with Gasteiger partial charge < -0.3 is 14.8 Å². The van der Waals surface area contributed by atoms with Crippen molar-refractivity contribution in [2.24, 2.45) is 5.92 Å². The molecule has 4 heteroatoms. The van der Waals surface area contributed by atoms with Crippen LogP contribution in [0.2, 0.25) is 0 Å². The van der Waals surface area contributed by atoms with Crippen LogP contribution in [-0.4, -0.2) is 30.4 Å². The van der Waals surface area contributed by atoms with Crippen molar-refractivity contribution in [1.82, 2.24) is 5.32 Å². The number of aldehydes is 1. The van der Waals surface area contributed by atoms with E-state index in [0.717, 1.165) is 12.7 Å². The number of hydrogen-bond acceptors (Lipinski definition) is 3. The highest BCUT2D eigenvalue weighted by Gasteiger charge is 2.33. The molecule has 1 N–H and O–H groups in total. The summed E-state index contributed by atoms with van der Waals surface area (Å²) in [7, 11) is 0. The van der Waals surface area contributed by atoms with Crippen LogP contribution >= 0.6 is 0 Å². The van der Waals surface area contributed by atoms with E-state index in [2.05, 4.69) is 11.4 Å². The number of rotatable bonds is 5. The van der Waals surface area contributed by atoms with Gasteiger partial charge in [0.25, 0.3) is 0 Å². The molecule has 0 fully saturated rings.